The van der Waals surface area contributed by atoms with Crippen molar-refractivity contribution in [2.75, 3.05) is 5.32 Å². The first-order valence-electron chi connectivity index (χ1n) is 5.34. The van der Waals surface area contributed by atoms with Crippen LogP contribution < -0.4 is 5.32 Å². The van der Waals surface area contributed by atoms with Gasteiger partial charge in [-0.3, -0.25) is 9.59 Å². The molecule has 0 spiro atoms. The van der Waals surface area contributed by atoms with E-state index < -0.39 is 24.2 Å². The summed E-state index contributed by atoms with van der Waals surface area (Å²) in [6, 6.07) is 4.25. The van der Waals surface area contributed by atoms with Crippen LogP contribution in [0.5, 0.6) is 0 Å². The highest BCUT2D eigenvalue weighted by atomic mass is 79.9. The molecule has 0 aliphatic heterocycles. The predicted octanol–water partition coefficient (Wildman–Crippen LogP) is 1.52. The quantitative estimate of drug-likeness (QED) is 0.877. The molecule has 1 heterocycles. The van der Waals surface area contributed by atoms with E-state index in [-0.39, 0.29) is 11.4 Å². The molecule has 1 aromatic carbocycles. The lowest BCUT2D eigenvalue weighted by Crippen LogP contribution is -2.14. The van der Waals surface area contributed by atoms with Crippen LogP contribution in [0, 0.1) is 5.82 Å². The Kier molecular flexibility index (Phi) is 4.08. The largest absolute Gasteiger partial charge is 0.480 e. The van der Waals surface area contributed by atoms with E-state index in [1.54, 1.807) is 6.07 Å². The van der Waals surface area contributed by atoms with Gasteiger partial charge in [0.25, 0.3) is 5.91 Å². The molecule has 0 radical (unpaired) electrons. The smallest absolute Gasteiger partial charge is 0.325 e. The molecule has 7 nitrogen and oxygen atoms in total. The van der Waals surface area contributed by atoms with Crippen LogP contribution >= 0.6 is 15.9 Å². The first kappa shape index (κ1) is 14.1. The van der Waals surface area contributed by atoms with Crippen LogP contribution in [-0.4, -0.2) is 32.0 Å². The van der Waals surface area contributed by atoms with Crippen LogP contribution in [0.4, 0.5) is 10.1 Å². The third-order valence-corrected chi connectivity index (χ3v) is 2.93. The Labute approximate surface area is 120 Å². The summed E-state index contributed by atoms with van der Waals surface area (Å²) >= 11 is 3.11. The Morgan fingerprint density at radius 2 is 2.20 bits per heavy atom. The lowest BCUT2D eigenvalue weighted by atomic mass is 10.3. The van der Waals surface area contributed by atoms with Crippen molar-refractivity contribution in [3.05, 3.63) is 40.4 Å². The summed E-state index contributed by atoms with van der Waals surface area (Å²) in [6.07, 6.45) is 1.16. The summed E-state index contributed by atoms with van der Waals surface area (Å²) in [4.78, 5) is 22.3. The zero-order valence-electron chi connectivity index (χ0n) is 9.88. The fraction of sp³-hybridized carbons (Fsp3) is 0.0909. The molecule has 0 saturated carbocycles. The number of nitrogens with one attached hydrogen (secondary N) is 1. The highest BCUT2D eigenvalue weighted by Gasteiger charge is 2.15. The van der Waals surface area contributed by atoms with Gasteiger partial charge in [0.05, 0.1) is 11.9 Å². The number of amides is 1. The molecule has 20 heavy (non-hydrogen) atoms. The van der Waals surface area contributed by atoms with E-state index in [0.717, 1.165) is 10.9 Å². The molecule has 0 aliphatic carbocycles. The number of halogens is 2. The Balaban J connectivity index is 2.16. The molecule has 0 unspecified atom stereocenters. The minimum atomic E-state index is -1.11. The van der Waals surface area contributed by atoms with Gasteiger partial charge in [-0.25, -0.2) is 9.07 Å². The first-order chi connectivity index (χ1) is 9.47. The SMILES string of the molecule is O=C(O)Cn1cc(C(=O)Nc2c(F)cccc2Br)nn1. The van der Waals surface area contributed by atoms with Crippen LogP contribution in [0.2, 0.25) is 0 Å². The molecule has 9 heteroatoms. The van der Waals surface area contributed by atoms with Crippen LogP contribution in [0.1, 0.15) is 10.5 Å². The van der Waals surface area contributed by atoms with Crippen LogP contribution in [0.25, 0.3) is 0 Å². The Bertz CT molecular complexity index is 653. The summed E-state index contributed by atoms with van der Waals surface area (Å²) in [6.45, 7) is -0.413. The Morgan fingerprint density at radius 3 is 2.85 bits per heavy atom. The van der Waals surface area contributed by atoms with Crippen molar-refractivity contribution in [3.63, 3.8) is 0 Å². The first-order valence-corrected chi connectivity index (χ1v) is 6.14. The van der Waals surface area contributed by atoms with E-state index in [1.807, 2.05) is 0 Å². The predicted molar refractivity (Wildman–Crippen MR) is 69.7 cm³/mol. The van der Waals surface area contributed by atoms with Gasteiger partial charge in [0.1, 0.15) is 12.4 Å². The molecule has 1 amide bonds. The number of anilines is 1. The lowest BCUT2D eigenvalue weighted by Gasteiger charge is -2.06. The summed E-state index contributed by atoms with van der Waals surface area (Å²) < 4.78 is 14.9. The number of para-hydroxylation sites is 1. The molecule has 0 saturated heterocycles. The zero-order valence-corrected chi connectivity index (χ0v) is 11.5. The molecular formula is C11H8BrFN4O3. The van der Waals surface area contributed by atoms with E-state index in [9.17, 15) is 14.0 Å². The molecule has 1 aromatic heterocycles. The standard InChI is InChI=1S/C11H8BrFN4O3/c12-6-2-1-3-7(13)10(6)14-11(20)8-4-17(16-15-8)5-9(18)19/h1-4H,5H2,(H,14,20)(H,18,19). The number of rotatable bonds is 4. The molecule has 0 aliphatic rings. The fourth-order valence-corrected chi connectivity index (χ4v) is 1.85. The molecule has 104 valence electrons. The highest BCUT2D eigenvalue weighted by Crippen LogP contribution is 2.25. The van der Waals surface area contributed by atoms with E-state index in [2.05, 4.69) is 31.6 Å². The van der Waals surface area contributed by atoms with E-state index in [0.29, 0.717) is 4.47 Å². The second-order valence-corrected chi connectivity index (χ2v) is 4.60. The number of aromatic nitrogens is 3. The minimum absolute atomic E-state index is 0.0229. The van der Waals surface area contributed by atoms with E-state index >= 15 is 0 Å². The monoisotopic (exact) mass is 342 g/mol. The summed E-state index contributed by atoms with van der Waals surface area (Å²) in [5.41, 5.74) is -0.133. The second-order valence-electron chi connectivity index (χ2n) is 3.75. The summed E-state index contributed by atoms with van der Waals surface area (Å²) in [7, 11) is 0. The minimum Gasteiger partial charge on any atom is -0.480 e. The number of nitrogens with zero attached hydrogens (tertiary/aromatic N) is 3. The maximum absolute atomic E-state index is 13.5. The molecule has 0 atom stereocenters. The summed E-state index contributed by atoms with van der Waals surface area (Å²) in [5.74, 6) is -2.41. The Morgan fingerprint density at radius 1 is 1.45 bits per heavy atom. The molecule has 0 bridgehead atoms. The third-order valence-electron chi connectivity index (χ3n) is 2.27. The van der Waals surface area contributed by atoms with Gasteiger partial charge in [-0.1, -0.05) is 11.3 Å². The van der Waals surface area contributed by atoms with Crippen molar-refractivity contribution in [1.29, 1.82) is 0 Å². The average molecular weight is 343 g/mol. The Hall–Kier alpha value is -2.29. The van der Waals surface area contributed by atoms with Crippen molar-refractivity contribution in [2.24, 2.45) is 0 Å². The van der Waals surface area contributed by atoms with Gasteiger partial charge in [0.15, 0.2) is 5.69 Å². The van der Waals surface area contributed by atoms with Crippen LogP contribution in [-0.2, 0) is 11.3 Å². The normalized spacial score (nSPS) is 10.3. The highest BCUT2D eigenvalue weighted by molar-refractivity contribution is 9.10. The maximum atomic E-state index is 13.5. The van der Waals surface area contributed by atoms with Gasteiger partial charge < -0.3 is 10.4 Å². The number of carbonyl (C=O) groups is 2. The van der Waals surface area contributed by atoms with Gasteiger partial charge in [-0.2, -0.15) is 0 Å². The number of carbonyl (C=O) groups excluding carboxylic acids is 1. The van der Waals surface area contributed by atoms with Gasteiger partial charge in [-0.15, -0.1) is 5.10 Å². The van der Waals surface area contributed by atoms with Crippen molar-refractivity contribution in [3.8, 4) is 0 Å². The van der Waals surface area contributed by atoms with E-state index in [1.165, 1.54) is 12.1 Å². The zero-order chi connectivity index (χ0) is 14.7. The molecule has 2 N–H and O–H groups in total. The van der Waals surface area contributed by atoms with Gasteiger partial charge in [0, 0.05) is 4.47 Å². The van der Waals surface area contributed by atoms with E-state index in [4.69, 9.17) is 5.11 Å². The van der Waals surface area contributed by atoms with Crippen molar-refractivity contribution in [2.45, 2.75) is 6.54 Å². The lowest BCUT2D eigenvalue weighted by molar-refractivity contribution is -0.137. The molecule has 0 fully saturated rings. The topological polar surface area (TPSA) is 97.1 Å². The maximum Gasteiger partial charge on any atom is 0.325 e. The third kappa shape index (κ3) is 3.18. The van der Waals surface area contributed by atoms with Gasteiger partial charge >= 0.3 is 5.97 Å². The number of hydrogen-bond acceptors (Lipinski definition) is 4. The van der Waals surface area contributed by atoms with Crippen molar-refractivity contribution in [1.82, 2.24) is 15.0 Å². The number of carboxylic acid groups (broad SMARTS) is 1. The van der Waals surface area contributed by atoms with Gasteiger partial charge in [-0.05, 0) is 28.1 Å². The number of hydrogen-bond donors (Lipinski definition) is 2. The fourth-order valence-electron chi connectivity index (χ4n) is 1.41. The summed E-state index contributed by atoms with van der Waals surface area (Å²) in [5, 5.41) is 17.9. The number of aliphatic carboxylic acids is 1. The van der Waals surface area contributed by atoms with Gasteiger partial charge in [0.2, 0.25) is 0 Å². The second kappa shape index (κ2) is 5.78. The van der Waals surface area contributed by atoms with Crippen LogP contribution in [0.15, 0.2) is 28.9 Å². The average Bonchev–Trinajstić information content (AvgIpc) is 2.81. The van der Waals surface area contributed by atoms with Crippen molar-refractivity contribution < 1.29 is 19.1 Å². The molecule has 2 aromatic rings. The molecular weight excluding hydrogens is 335 g/mol. The number of carboxylic acids is 1. The van der Waals surface area contributed by atoms with Crippen molar-refractivity contribution >= 4 is 33.5 Å². The number of benzene rings is 1. The van der Waals surface area contributed by atoms with Crippen LogP contribution in [0.3, 0.4) is 0 Å². The molecule has 2 rings (SSSR count).